The zero-order valence-corrected chi connectivity index (χ0v) is 14.6. The standard InChI is InChI=1S/C19H24N2O2S/c22-19(20-12-16-6-2-1-3-7-16)15-21(13-17-8-4-10-23-17)14-18-9-5-11-24-18/h1-3,5-7,9,11,17H,4,8,10,12-15H2,(H,20,22)/t17-/m1/s1. The lowest BCUT2D eigenvalue weighted by Crippen LogP contribution is -2.40. The van der Waals surface area contributed by atoms with Gasteiger partial charge in [0.1, 0.15) is 0 Å². The molecule has 1 saturated heterocycles. The summed E-state index contributed by atoms with van der Waals surface area (Å²) in [6.45, 7) is 3.45. The Bertz CT molecular complexity index is 610. The number of rotatable bonds is 8. The molecule has 2 aromatic rings. The van der Waals surface area contributed by atoms with E-state index in [4.69, 9.17) is 4.74 Å². The molecule has 4 nitrogen and oxygen atoms in total. The van der Waals surface area contributed by atoms with E-state index in [1.54, 1.807) is 11.3 Å². The third-order valence-corrected chi connectivity index (χ3v) is 5.01. The summed E-state index contributed by atoms with van der Waals surface area (Å²) in [6.07, 6.45) is 2.47. The lowest BCUT2D eigenvalue weighted by molar-refractivity contribution is -0.122. The number of carbonyl (C=O) groups excluding carboxylic acids is 1. The molecule has 0 unspecified atom stereocenters. The zero-order valence-electron chi connectivity index (χ0n) is 13.8. The van der Waals surface area contributed by atoms with Crippen molar-refractivity contribution in [3.63, 3.8) is 0 Å². The van der Waals surface area contributed by atoms with E-state index in [1.807, 2.05) is 30.3 Å². The van der Waals surface area contributed by atoms with Crippen LogP contribution in [0.15, 0.2) is 47.8 Å². The number of benzene rings is 1. The molecule has 24 heavy (non-hydrogen) atoms. The number of ether oxygens (including phenoxy) is 1. The lowest BCUT2D eigenvalue weighted by atomic mass is 10.2. The number of nitrogens with zero attached hydrogens (tertiary/aromatic N) is 1. The molecular weight excluding hydrogens is 320 g/mol. The minimum absolute atomic E-state index is 0.0633. The quantitative estimate of drug-likeness (QED) is 0.800. The van der Waals surface area contributed by atoms with Crippen LogP contribution in [0.2, 0.25) is 0 Å². The molecule has 2 heterocycles. The predicted octanol–water partition coefficient (Wildman–Crippen LogP) is 3.05. The molecular formula is C19H24N2O2S. The minimum atomic E-state index is 0.0633. The van der Waals surface area contributed by atoms with Crippen molar-refractivity contribution >= 4 is 17.2 Å². The van der Waals surface area contributed by atoms with Crippen molar-refractivity contribution < 1.29 is 9.53 Å². The number of nitrogens with one attached hydrogen (secondary N) is 1. The highest BCUT2D eigenvalue weighted by Gasteiger charge is 2.21. The predicted molar refractivity (Wildman–Crippen MR) is 96.9 cm³/mol. The lowest BCUT2D eigenvalue weighted by Gasteiger charge is -2.24. The highest BCUT2D eigenvalue weighted by molar-refractivity contribution is 7.09. The van der Waals surface area contributed by atoms with Gasteiger partial charge in [0.25, 0.3) is 0 Å². The van der Waals surface area contributed by atoms with Gasteiger partial charge in [0.05, 0.1) is 12.6 Å². The molecule has 1 atom stereocenters. The summed E-state index contributed by atoms with van der Waals surface area (Å²) in [4.78, 5) is 15.8. The van der Waals surface area contributed by atoms with Gasteiger partial charge in [-0.05, 0) is 29.9 Å². The number of amides is 1. The first-order chi connectivity index (χ1) is 11.8. The molecule has 1 amide bonds. The van der Waals surface area contributed by atoms with Crippen LogP contribution in [0.4, 0.5) is 0 Å². The van der Waals surface area contributed by atoms with Gasteiger partial charge in [-0.3, -0.25) is 9.69 Å². The van der Waals surface area contributed by atoms with Crippen LogP contribution in [0.1, 0.15) is 23.3 Å². The molecule has 0 saturated carbocycles. The fourth-order valence-electron chi connectivity index (χ4n) is 2.94. The molecule has 1 aromatic heterocycles. The van der Waals surface area contributed by atoms with Crippen LogP contribution in [-0.2, 0) is 22.6 Å². The molecule has 3 rings (SSSR count). The van der Waals surface area contributed by atoms with Crippen molar-refractivity contribution in [1.29, 1.82) is 0 Å². The molecule has 1 aromatic carbocycles. The average molecular weight is 344 g/mol. The molecule has 0 spiro atoms. The summed E-state index contributed by atoms with van der Waals surface area (Å²) in [5, 5.41) is 5.09. The van der Waals surface area contributed by atoms with E-state index in [9.17, 15) is 4.79 Å². The maximum absolute atomic E-state index is 12.3. The van der Waals surface area contributed by atoms with E-state index in [-0.39, 0.29) is 12.0 Å². The van der Waals surface area contributed by atoms with Gasteiger partial charge in [-0.2, -0.15) is 0 Å². The van der Waals surface area contributed by atoms with Crippen molar-refractivity contribution in [2.75, 3.05) is 19.7 Å². The molecule has 0 aliphatic carbocycles. The Labute approximate surface area is 147 Å². The summed E-state index contributed by atoms with van der Waals surface area (Å²) < 4.78 is 5.74. The van der Waals surface area contributed by atoms with Gasteiger partial charge in [0, 0.05) is 31.1 Å². The Morgan fingerprint density at radius 1 is 1.25 bits per heavy atom. The van der Waals surface area contributed by atoms with Gasteiger partial charge < -0.3 is 10.1 Å². The largest absolute Gasteiger partial charge is 0.377 e. The third kappa shape index (κ3) is 5.44. The van der Waals surface area contributed by atoms with Crippen LogP contribution in [0.25, 0.3) is 0 Å². The van der Waals surface area contributed by atoms with Crippen LogP contribution in [0.5, 0.6) is 0 Å². The minimum Gasteiger partial charge on any atom is -0.377 e. The number of thiophene rings is 1. The monoisotopic (exact) mass is 344 g/mol. The molecule has 0 bridgehead atoms. The Kier molecular flexibility index (Phi) is 6.41. The van der Waals surface area contributed by atoms with Crippen LogP contribution < -0.4 is 5.32 Å². The van der Waals surface area contributed by atoms with Crippen LogP contribution in [0, 0.1) is 0 Å². The van der Waals surface area contributed by atoms with Gasteiger partial charge >= 0.3 is 0 Å². The Balaban J connectivity index is 1.52. The molecule has 1 aliphatic rings. The number of carbonyl (C=O) groups is 1. The first-order valence-electron chi connectivity index (χ1n) is 8.46. The van der Waals surface area contributed by atoms with E-state index >= 15 is 0 Å². The van der Waals surface area contributed by atoms with Crippen LogP contribution in [-0.4, -0.2) is 36.6 Å². The van der Waals surface area contributed by atoms with E-state index in [2.05, 4.69) is 27.7 Å². The third-order valence-electron chi connectivity index (χ3n) is 4.15. The number of hydrogen-bond donors (Lipinski definition) is 1. The van der Waals surface area contributed by atoms with Crippen molar-refractivity contribution in [2.45, 2.75) is 32.0 Å². The highest BCUT2D eigenvalue weighted by Crippen LogP contribution is 2.17. The van der Waals surface area contributed by atoms with Gasteiger partial charge in [0.15, 0.2) is 0 Å². The van der Waals surface area contributed by atoms with Gasteiger partial charge in [-0.25, -0.2) is 0 Å². The Hall–Kier alpha value is -1.69. The highest BCUT2D eigenvalue weighted by atomic mass is 32.1. The van der Waals surface area contributed by atoms with Crippen molar-refractivity contribution in [2.24, 2.45) is 0 Å². The second-order valence-corrected chi connectivity index (χ2v) is 7.18. The maximum atomic E-state index is 12.3. The smallest absolute Gasteiger partial charge is 0.234 e. The topological polar surface area (TPSA) is 41.6 Å². The normalized spacial score (nSPS) is 17.3. The fourth-order valence-corrected chi connectivity index (χ4v) is 3.69. The van der Waals surface area contributed by atoms with Gasteiger partial charge in [-0.15, -0.1) is 11.3 Å². The van der Waals surface area contributed by atoms with E-state index < -0.39 is 0 Å². The average Bonchev–Trinajstić information content (AvgIpc) is 3.28. The summed E-state index contributed by atoms with van der Waals surface area (Å²) in [5.74, 6) is 0.0633. The Morgan fingerprint density at radius 3 is 2.83 bits per heavy atom. The fraction of sp³-hybridized carbons (Fsp3) is 0.421. The van der Waals surface area contributed by atoms with E-state index in [0.717, 1.165) is 38.1 Å². The first-order valence-corrected chi connectivity index (χ1v) is 9.34. The van der Waals surface area contributed by atoms with Gasteiger partial charge in [-0.1, -0.05) is 36.4 Å². The first kappa shape index (κ1) is 17.1. The molecule has 1 N–H and O–H groups in total. The van der Waals surface area contributed by atoms with E-state index in [1.165, 1.54) is 4.88 Å². The van der Waals surface area contributed by atoms with Crippen molar-refractivity contribution in [1.82, 2.24) is 10.2 Å². The molecule has 1 fully saturated rings. The van der Waals surface area contributed by atoms with Crippen LogP contribution >= 0.6 is 11.3 Å². The molecule has 0 radical (unpaired) electrons. The molecule has 1 aliphatic heterocycles. The van der Waals surface area contributed by atoms with Crippen molar-refractivity contribution in [3.8, 4) is 0 Å². The summed E-state index contributed by atoms with van der Waals surface area (Å²) in [7, 11) is 0. The van der Waals surface area contributed by atoms with E-state index in [0.29, 0.717) is 13.1 Å². The second-order valence-electron chi connectivity index (χ2n) is 6.15. The van der Waals surface area contributed by atoms with Crippen molar-refractivity contribution in [3.05, 3.63) is 58.3 Å². The SMILES string of the molecule is O=C(CN(Cc1cccs1)C[C@H]1CCCO1)NCc1ccccc1. The van der Waals surface area contributed by atoms with Gasteiger partial charge in [0.2, 0.25) is 5.91 Å². The second kappa shape index (κ2) is 8.97. The zero-order chi connectivity index (χ0) is 16.6. The molecule has 128 valence electrons. The summed E-state index contributed by atoms with van der Waals surface area (Å²) in [5.41, 5.74) is 1.12. The summed E-state index contributed by atoms with van der Waals surface area (Å²) >= 11 is 1.73. The van der Waals surface area contributed by atoms with Crippen LogP contribution in [0.3, 0.4) is 0 Å². The molecule has 5 heteroatoms. The summed E-state index contributed by atoms with van der Waals surface area (Å²) in [6, 6.07) is 14.2. The maximum Gasteiger partial charge on any atom is 0.234 e. The number of hydrogen-bond acceptors (Lipinski definition) is 4. The Morgan fingerprint density at radius 2 is 2.12 bits per heavy atom.